The van der Waals surface area contributed by atoms with E-state index in [1.165, 1.54) is 0 Å². The van der Waals surface area contributed by atoms with Crippen LogP contribution in [0.3, 0.4) is 0 Å². The third-order valence-electron chi connectivity index (χ3n) is 5.79. The van der Waals surface area contributed by atoms with E-state index in [1.807, 2.05) is 83.8 Å². The van der Waals surface area contributed by atoms with Gasteiger partial charge in [0.1, 0.15) is 17.3 Å². The van der Waals surface area contributed by atoms with Gasteiger partial charge in [-0.1, -0.05) is 12.1 Å². The normalized spacial score (nSPS) is 10.9. The topological polar surface area (TPSA) is 82.7 Å². The van der Waals surface area contributed by atoms with Gasteiger partial charge in [-0.15, -0.1) is 0 Å². The van der Waals surface area contributed by atoms with Crippen molar-refractivity contribution in [3.8, 4) is 22.9 Å². The lowest BCUT2D eigenvalue weighted by molar-refractivity contribution is 0.0948. The summed E-state index contributed by atoms with van der Waals surface area (Å²) in [6.07, 6.45) is 9.55. The minimum absolute atomic E-state index is 0.264. The smallest absolute Gasteiger partial charge is 0.272 e. The van der Waals surface area contributed by atoms with Gasteiger partial charge in [-0.2, -0.15) is 0 Å². The second kappa shape index (κ2) is 9.72. The largest absolute Gasteiger partial charge is 0.497 e. The first-order valence-corrected chi connectivity index (χ1v) is 11.2. The summed E-state index contributed by atoms with van der Waals surface area (Å²) in [5, 5.41) is 2.97. The van der Waals surface area contributed by atoms with Gasteiger partial charge in [-0.05, 0) is 48.0 Å². The zero-order valence-corrected chi connectivity index (χ0v) is 19.5. The Hall–Kier alpha value is -4.59. The van der Waals surface area contributed by atoms with Crippen LogP contribution in [0.2, 0.25) is 0 Å². The fourth-order valence-corrected chi connectivity index (χ4v) is 4.06. The molecule has 0 spiro atoms. The number of hydrogen-bond acceptors (Lipinski definition) is 5. The molecule has 8 nitrogen and oxygen atoms in total. The Labute approximate surface area is 202 Å². The van der Waals surface area contributed by atoms with Gasteiger partial charge in [0.25, 0.3) is 5.91 Å². The zero-order valence-electron chi connectivity index (χ0n) is 19.5. The minimum atomic E-state index is -0.264. The summed E-state index contributed by atoms with van der Waals surface area (Å²) in [6.45, 7) is 0.981. The van der Waals surface area contributed by atoms with Crippen LogP contribution in [0.25, 0.3) is 16.9 Å². The molecule has 8 heteroatoms. The van der Waals surface area contributed by atoms with Crippen molar-refractivity contribution in [3.63, 3.8) is 0 Å². The summed E-state index contributed by atoms with van der Waals surface area (Å²) >= 11 is 0. The van der Waals surface area contributed by atoms with Crippen LogP contribution in [0.5, 0.6) is 11.5 Å². The molecule has 0 unspecified atom stereocenters. The van der Waals surface area contributed by atoms with E-state index in [4.69, 9.17) is 14.5 Å². The molecule has 1 N–H and O–H groups in total. The number of ether oxygens (including phenoxy) is 2. The first kappa shape index (κ1) is 22.2. The lowest BCUT2D eigenvalue weighted by Crippen LogP contribution is -2.23. The van der Waals surface area contributed by atoms with Crippen LogP contribution in [0, 0.1) is 0 Å². The van der Waals surface area contributed by atoms with Crippen LogP contribution in [0.15, 0.2) is 85.6 Å². The molecule has 0 aliphatic carbocycles. The fraction of sp³-hybridized carbons (Fsp3) is 0.148. The van der Waals surface area contributed by atoms with Gasteiger partial charge in [0.2, 0.25) is 0 Å². The van der Waals surface area contributed by atoms with E-state index >= 15 is 0 Å². The van der Waals surface area contributed by atoms with Gasteiger partial charge < -0.3 is 19.4 Å². The number of benzene rings is 1. The molecule has 4 aromatic heterocycles. The Balaban J connectivity index is 1.41. The first-order valence-electron chi connectivity index (χ1n) is 11.2. The average Bonchev–Trinajstić information content (AvgIpc) is 3.52. The SMILES string of the molecule is COc1ccc(OC)c(CNC(=O)c2nc(-c3ccn(Cc4cccnc4)c3)n3ccccc23)c1. The second-order valence-electron chi connectivity index (χ2n) is 8.03. The van der Waals surface area contributed by atoms with E-state index in [-0.39, 0.29) is 12.5 Å². The summed E-state index contributed by atoms with van der Waals surface area (Å²) in [7, 11) is 3.20. The molecule has 0 saturated heterocycles. The fourth-order valence-electron chi connectivity index (χ4n) is 4.06. The molecular weight excluding hydrogens is 442 g/mol. The molecule has 35 heavy (non-hydrogen) atoms. The second-order valence-corrected chi connectivity index (χ2v) is 8.03. The maximum absolute atomic E-state index is 13.2. The zero-order chi connectivity index (χ0) is 24.2. The predicted molar refractivity (Wildman–Crippen MR) is 133 cm³/mol. The number of methoxy groups -OCH3 is 2. The predicted octanol–water partition coefficient (Wildman–Crippen LogP) is 4.19. The average molecular weight is 468 g/mol. The number of nitrogens with zero attached hydrogens (tertiary/aromatic N) is 4. The van der Waals surface area contributed by atoms with Gasteiger partial charge in [-0.25, -0.2) is 4.98 Å². The molecule has 4 heterocycles. The Morgan fingerprint density at radius 2 is 1.94 bits per heavy atom. The van der Waals surface area contributed by atoms with Crippen LogP contribution in [0.4, 0.5) is 0 Å². The third-order valence-corrected chi connectivity index (χ3v) is 5.79. The van der Waals surface area contributed by atoms with E-state index in [2.05, 4.69) is 14.9 Å². The molecule has 0 fully saturated rings. The Bertz CT molecular complexity index is 1470. The number of carbonyl (C=O) groups excluding carboxylic acids is 1. The molecule has 0 bridgehead atoms. The maximum Gasteiger partial charge on any atom is 0.272 e. The van der Waals surface area contributed by atoms with Crippen molar-refractivity contribution in [2.24, 2.45) is 0 Å². The highest BCUT2D eigenvalue weighted by Gasteiger charge is 2.19. The molecule has 1 aromatic carbocycles. The van der Waals surface area contributed by atoms with Crippen LogP contribution >= 0.6 is 0 Å². The summed E-state index contributed by atoms with van der Waals surface area (Å²) in [4.78, 5) is 22.1. The number of pyridine rings is 2. The molecule has 1 amide bonds. The number of amides is 1. The van der Waals surface area contributed by atoms with Gasteiger partial charge in [0.05, 0.1) is 19.7 Å². The summed E-state index contributed by atoms with van der Waals surface area (Å²) in [5.74, 6) is 1.81. The Kier molecular flexibility index (Phi) is 6.17. The van der Waals surface area contributed by atoms with Gasteiger partial charge >= 0.3 is 0 Å². The van der Waals surface area contributed by atoms with E-state index in [1.54, 1.807) is 20.4 Å². The van der Waals surface area contributed by atoms with E-state index < -0.39 is 0 Å². The van der Waals surface area contributed by atoms with E-state index in [9.17, 15) is 4.79 Å². The molecule has 0 saturated carbocycles. The van der Waals surface area contributed by atoms with Crippen LogP contribution in [0.1, 0.15) is 21.6 Å². The summed E-state index contributed by atoms with van der Waals surface area (Å²) < 4.78 is 14.7. The van der Waals surface area contributed by atoms with Crippen molar-refractivity contribution in [3.05, 3.63) is 102 Å². The molecule has 0 aliphatic heterocycles. The Morgan fingerprint density at radius 3 is 2.74 bits per heavy atom. The van der Waals surface area contributed by atoms with Crippen LogP contribution in [-0.2, 0) is 13.1 Å². The lowest BCUT2D eigenvalue weighted by atomic mass is 10.2. The highest BCUT2D eigenvalue weighted by Crippen LogP contribution is 2.26. The highest BCUT2D eigenvalue weighted by molar-refractivity contribution is 6.00. The molecule has 0 atom stereocenters. The summed E-state index contributed by atoms with van der Waals surface area (Å²) in [6, 6.07) is 17.2. The van der Waals surface area contributed by atoms with E-state index in [0.29, 0.717) is 29.6 Å². The maximum atomic E-state index is 13.2. The van der Waals surface area contributed by atoms with Crippen molar-refractivity contribution < 1.29 is 14.3 Å². The number of imidazole rings is 1. The van der Waals surface area contributed by atoms with Crippen molar-refractivity contribution in [1.82, 2.24) is 24.3 Å². The first-order chi connectivity index (χ1) is 17.2. The van der Waals surface area contributed by atoms with Crippen LogP contribution in [-0.4, -0.2) is 39.1 Å². The third kappa shape index (κ3) is 4.59. The lowest BCUT2D eigenvalue weighted by Gasteiger charge is -2.11. The van der Waals surface area contributed by atoms with Crippen molar-refractivity contribution in [1.29, 1.82) is 0 Å². The summed E-state index contributed by atoms with van der Waals surface area (Å²) in [5.41, 5.74) is 3.94. The number of carbonyl (C=O) groups is 1. The highest BCUT2D eigenvalue weighted by atomic mass is 16.5. The van der Waals surface area contributed by atoms with Crippen LogP contribution < -0.4 is 14.8 Å². The number of aromatic nitrogens is 4. The van der Waals surface area contributed by atoms with Gasteiger partial charge in [0.15, 0.2) is 5.69 Å². The molecular formula is C27H25N5O3. The van der Waals surface area contributed by atoms with Crippen molar-refractivity contribution in [2.45, 2.75) is 13.1 Å². The Morgan fingerprint density at radius 1 is 1.03 bits per heavy atom. The van der Waals surface area contributed by atoms with Gasteiger partial charge in [-0.3, -0.25) is 14.2 Å². The van der Waals surface area contributed by atoms with Crippen molar-refractivity contribution >= 4 is 11.4 Å². The van der Waals surface area contributed by atoms with Crippen molar-refractivity contribution in [2.75, 3.05) is 14.2 Å². The standard InChI is InChI=1S/C27H25N5O3/c1-34-22-8-9-24(35-2)21(14-22)16-29-27(33)25-23-7-3-4-12-32(23)26(30-25)20-10-13-31(18-20)17-19-6-5-11-28-15-19/h3-15,18H,16-17H2,1-2H3,(H,29,33). The van der Waals surface area contributed by atoms with Gasteiger partial charge in [0, 0.05) is 55.2 Å². The van der Waals surface area contributed by atoms with E-state index in [0.717, 1.165) is 22.2 Å². The number of nitrogens with one attached hydrogen (secondary N) is 1. The molecule has 5 aromatic rings. The monoisotopic (exact) mass is 467 g/mol. The molecule has 176 valence electrons. The molecule has 5 rings (SSSR count). The number of rotatable bonds is 8. The quantitative estimate of drug-likeness (QED) is 0.370. The number of fused-ring (bicyclic) bond motifs is 1. The number of hydrogen-bond donors (Lipinski definition) is 1. The molecule has 0 aliphatic rings. The minimum Gasteiger partial charge on any atom is -0.497 e. The molecule has 0 radical (unpaired) electrons.